The highest BCUT2D eigenvalue weighted by atomic mass is 16.7. The standard InChI is InChI=1S/C50H87N3O8/c1-10-44(55)52-42(35(6)54)16-11-12-26-53(27-23-45(56)51-31-43-34(5)46(57)47(58)48(59-9)61-43)28-29-60-37-21-24-49(7)36(30-37)17-18-38-40-20-19-39(33(4)15-13-14-32(2)3)50(40,8)25-22-41(38)49/h17,32-34,37-43,46-48,57-58H,10-16,18-31H2,1-9H3,(H,51,56)(H,52,55)/t33-,34-,37?,38+,39-,40+,41+,42+,43?,46+,47-,48?,49+,50-/m0/s1. The summed E-state index contributed by atoms with van der Waals surface area (Å²) in [6.45, 7) is 20.5. The fourth-order valence-corrected chi connectivity index (χ4v) is 12.9. The number of aliphatic hydroxyl groups is 2. The number of rotatable bonds is 23. The Labute approximate surface area is 369 Å². The number of ketones is 1. The third-order valence-electron chi connectivity index (χ3n) is 16.8. The van der Waals surface area contributed by atoms with Crippen LogP contribution < -0.4 is 10.6 Å². The Bertz CT molecular complexity index is 1460. The smallest absolute Gasteiger partial charge is 0.221 e. The summed E-state index contributed by atoms with van der Waals surface area (Å²) in [5.74, 6) is 4.33. The molecule has 61 heavy (non-hydrogen) atoms. The Kier molecular flexibility index (Phi) is 18.8. The topological polar surface area (TPSA) is 147 Å². The number of unbranched alkanes of at least 4 members (excludes halogenated alkanes) is 1. The van der Waals surface area contributed by atoms with Crippen LogP contribution in [0.5, 0.6) is 0 Å². The van der Waals surface area contributed by atoms with Gasteiger partial charge in [0.1, 0.15) is 6.10 Å². The quantitative estimate of drug-likeness (QED) is 0.0603. The van der Waals surface area contributed by atoms with Crippen molar-refractivity contribution in [3.05, 3.63) is 11.6 Å². The van der Waals surface area contributed by atoms with Crippen LogP contribution in [0.4, 0.5) is 0 Å². The first-order valence-corrected chi connectivity index (χ1v) is 24.7. The van der Waals surface area contributed by atoms with Crippen molar-refractivity contribution >= 4 is 17.6 Å². The molecule has 0 radical (unpaired) electrons. The van der Waals surface area contributed by atoms with Gasteiger partial charge in [0.05, 0.1) is 31.0 Å². The zero-order valence-corrected chi connectivity index (χ0v) is 39.7. The lowest BCUT2D eigenvalue weighted by molar-refractivity contribution is -0.274. The Balaban J connectivity index is 1.13. The molecule has 4 aliphatic carbocycles. The van der Waals surface area contributed by atoms with E-state index in [-0.39, 0.29) is 48.0 Å². The molecule has 0 spiro atoms. The van der Waals surface area contributed by atoms with Crippen LogP contribution in [0.15, 0.2) is 11.6 Å². The lowest BCUT2D eigenvalue weighted by Gasteiger charge is -2.58. The molecule has 0 aromatic heterocycles. The molecule has 2 amide bonds. The van der Waals surface area contributed by atoms with Gasteiger partial charge in [-0.15, -0.1) is 0 Å². The van der Waals surface area contributed by atoms with Crippen LogP contribution in [-0.2, 0) is 28.6 Å². The van der Waals surface area contributed by atoms with Gasteiger partial charge in [0.2, 0.25) is 11.8 Å². The Morgan fingerprint density at radius 3 is 2.41 bits per heavy atom. The molecule has 0 bridgehead atoms. The number of Topliss-reactive ketones (excluding diaryl/α,β-unsaturated/α-hetero) is 1. The molecular weight excluding hydrogens is 771 g/mol. The van der Waals surface area contributed by atoms with Crippen molar-refractivity contribution < 1.29 is 38.8 Å². The van der Waals surface area contributed by atoms with E-state index in [0.29, 0.717) is 38.0 Å². The van der Waals surface area contributed by atoms with Crippen LogP contribution in [0.25, 0.3) is 0 Å². The first-order chi connectivity index (χ1) is 29.0. The van der Waals surface area contributed by atoms with Gasteiger partial charge in [-0.2, -0.15) is 0 Å². The molecule has 350 valence electrons. The molecule has 5 rings (SSSR count). The van der Waals surface area contributed by atoms with Crippen molar-refractivity contribution in [1.29, 1.82) is 0 Å². The molecule has 11 nitrogen and oxygen atoms in total. The minimum Gasteiger partial charge on any atom is -0.390 e. The lowest BCUT2D eigenvalue weighted by atomic mass is 9.47. The van der Waals surface area contributed by atoms with Gasteiger partial charge in [0.25, 0.3) is 0 Å². The van der Waals surface area contributed by atoms with E-state index in [4.69, 9.17) is 14.2 Å². The van der Waals surface area contributed by atoms with Crippen molar-refractivity contribution in [3.8, 4) is 0 Å². The van der Waals surface area contributed by atoms with Crippen molar-refractivity contribution in [2.24, 2.45) is 52.3 Å². The molecule has 1 heterocycles. The van der Waals surface area contributed by atoms with Crippen molar-refractivity contribution in [3.63, 3.8) is 0 Å². The minimum atomic E-state index is -1.15. The van der Waals surface area contributed by atoms with Crippen LogP contribution in [0.2, 0.25) is 0 Å². The van der Waals surface area contributed by atoms with Crippen LogP contribution >= 0.6 is 0 Å². The number of carbonyl (C=O) groups excluding carboxylic acids is 3. The predicted octanol–water partition coefficient (Wildman–Crippen LogP) is 7.60. The molecule has 3 unspecified atom stereocenters. The summed E-state index contributed by atoms with van der Waals surface area (Å²) >= 11 is 0. The highest BCUT2D eigenvalue weighted by molar-refractivity contribution is 5.87. The number of carbonyl (C=O) groups is 3. The van der Waals surface area contributed by atoms with Crippen LogP contribution in [0.1, 0.15) is 158 Å². The molecule has 1 aliphatic heterocycles. The first-order valence-electron chi connectivity index (χ1n) is 24.7. The summed E-state index contributed by atoms with van der Waals surface area (Å²) in [5, 5.41) is 26.6. The second-order valence-electron chi connectivity index (χ2n) is 21.1. The van der Waals surface area contributed by atoms with E-state index >= 15 is 0 Å². The molecule has 4 N–H and O–H groups in total. The third kappa shape index (κ3) is 12.5. The van der Waals surface area contributed by atoms with Gasteiger partial charge >= 0.3 is 0 Å². The molecular formula is C50H87N3O8. The molecule has 4 fully saturated rings. The van der Waals surface area contributed by atoms with E-state index in [2.05, 4.69) is 56.2 Å². The van der Waals surface area contributed by atoms with Crippen LogP contribution in [0, 0.1) is 52.3 Å². The van der Waals surface area contributed by atoms with Gasteiger partial charge in [-0.25, -0.2) is 0 Å². The summed E-state index contributed by atoms with van der Waals surface area (Å²) in [4.78, 5) is 39.7. The fraction of sp³-hybridized carbons (Fsp3) is 0.900. The normalized spacial score (nSPS) is 35.8. The zero-order valence-electron chi connectivity index (χ0n) is 39.7. The predicted molar refractivity (Wildman–Crippen MR) is 240 cm³/mol. The molecule has 14 atom stereocenters. The number of nitrogens with zero attached hydrogens (tertiary/aromatic N) is 1. The number of allylic oxidation sites excluding steroid dienone is 1. The van der Waals surface area contributed by atoms with E-state index < -0.39 is 30.6 Å². The fourth-order valence-electron chi connectivity index (χ4n) is 12.9. The number of aliphatic hydroxyl groups excluding tert-OH is 2. The number of hydrogen-bond donors (Lipinski definition) is 4. The highest BCUT2D eigenvalue weighted by Gasteiger charge is 2.59. The monoisotopic (exact) mass is 858 g/mol. The van der Waals surface area contributed by atoms with E-state index in [1.807, 2.05) is 0 Å². The summed E-state index contributed by atoms with van der Waals surface area (Å²) in [5.41, 5.74) is 2.42. The van der Waals surface area contributed by atoms with Crippen molar-refractivity contribution in [2.45, 2.75) is 195 Å². The molecule has 11 heteroatoms. The number of methoxy groups -OCH3 is 1. The van der Waals surface area contributed by atoms with E-state index in [9.17, 15) is 24.6 Å². The number of nitrogens with one attached hydrogen (secondary N) is 2. The second-order valence-corrected chi connectivity index (χ2v) is 21.1. The Hall–Kier alpha value is -1.89. The average molecular weight is 858 g/mol. The second kappa shape index (κ2) is 22.8. The maximum Gasteiger partial charge on any atom is 0.221 e. The van der Waals surface area contributed by atoms with Gasteiger partial charge in [-0.1, -0.05) is 79.4 Å². The van der Waals surface area contributed by atoms with Crippen molar-refractivity contribution in [2.75, 3.05) is 39.9 Å². The van der Waals surface area contributed by atoms with Gasteiger partial charge in [0.15, 0.2) is 12.1 Å². The van der Waals surface area contributed by atoms with Gasteiger partial charge < -0.3 is 40.0 Å². The average Bonchev–Trinajstić information content (AvgIpc) is 3.59. The maximum absolute atomic E-state index is 13.1. The molecule has 0 aromatic rings. The van der Waals surface area contributed by atoms with Gasteiger partial charge in [-0.3, -0.25) is 14.4 Å². The van der Waals surface area contributed by atoms with Gasteiger partial charge in [-0.05, 0) is 130 Å². The SMILES string of the molecule is CCC(=O)N[C@H](CCCCN(CCOC1CC[C@]2(C)C(=CC[C@@H]3[C@H]4CC[C@@H]([C@@H](C)CCCC(C)C)[C@]4(C)CC[C@H]32)C1)CCC(=O)NCC1OC(OC)[C@@H](O)[C@H](O)[C@H]1C)C(C)=O. The number of ether oxygens (including phenoxy) is 3. The first kappa shape index (κ1) is 50.1. The summed E-state index contributed by atoms with van der Waals surface area (Å²) < 4.78 is 17.7. The molecule has 0 aromatic carbocycles. The summed E-state index contributed by atoms with van der Waals surface area (Å²) in [7, 11) is 1.42. The van der Waals surface area contributed by atoms with E-state index in [1.165, 1.54) is 71.8 Å². The Morgan fingerprint density at radius 1 is 0.934 bits per heavy atom. The molecule has 1 saturated heterocycles. The summed E-state index contributed by atoms with van der Waals surface area (Å²) in [6, 6.07) is -0.473. The number of amides is 2. The minimum absolute atomic E-state index is 0.0299. The molecule has 3 saturated carbocycles. The van der Waals surface area contributed by atoms with Crippen LogP contribution in [-0.4, -0.2) is 109 Å². The lowest BCUT2D eigenvalue weighted by Crippen LogP contribution is -2.56. The molecule has 5 aliphatic rings. The summed E-state index contributed by atoms with van der Waals surface area (Å²) in [6.07, 6.45) is 16.4. The van der Waals surface area contributed by atoms with Gasteiger partial charge in [0, 0.05) is 45.5 Å². The number of fused-ring (bicyclic) bond motifs is 5. The highest BCUT2D eigenvalue weighted by Crippen LogP contribution is 2.67. The maximum atomic E-state index is 13.1. The third-order valence-corrected chi connectivity index (χ3v) is 16.8. The number of hydrogen-bond acceptors (Lipinski definition) is 9. The van der Waals surface area contributed by atoms with E-state index in [0.717, 1.165) is 67.7 Å². The largest absolute Gasteiger partial charge is 0.390 e. The van der Waals surface area contributed by atoms with E-state index in [1.54, 1.807) is 19.4 Å². The van der Waals surface area contributed by atoms with Crippen molar-refractivity contribution in [1.82, 2.24) is 15.5 Å². The Morgan fingerprint density at radius 2 is 1.70 bits per heavy atom. The zero-order chi connectivity index (χ0) is 44.5. The van der Waals surface area contributed by atoms with Crippen LogP contribution in [0.3, 0.4) is 0 Å².